The van der Waals surface area contributed by atoms with Crippen molar-refractivity contribution in [2.45, 2.75) is 26.4 Å². The predicted octanol–water partition coefficient (Wildman–Crippen LogP) is 4.17. The monoisotopic (exact) mass is 487 g/mol. The van der Waals surface area contributed by atoms with E-state index < -0.39 is 28.6 Å². The maximum absolute atomic E-state index is 12.7. The molecule has 1 aromatic carbocycles. The number of methoxy groups -OCH3 is 1. The van der Waals surface area contributed by atoms with Crippen LogP contribution < -0.4 is 9.47 Å². The van der Waals surface area contributed by atoms with Crippen molar-refractivity contribution in [1.82, 2.24) is 9.88 Å². The van der Waals surface area contributed by atoms with Crippen LogP contribution in [0.1, 0.15) is 25.8 Å². The van der Waals surface area contributed by atoms with Crippen LogP contribution in [0.2, 0.25) is 0 Å². The molecule has 0 saturated carbocycles. The van der Waals surface area contributed by atoms with E-state index in [1.807, 2.05) is 6.92 Å². The Morgan fingerprint density at radius 2 is 2.06 bits per heavy atom. The van der Waals surface area contributed by atoms with Gasteiger partial charge in [-0.2, -0.15) is 0 Å². The van der Waals surface area contributed by atoms with Crippen LogP contribution in [0, 0.1) is 10.1 Å². The maximum Gasteiger partial charge on any atom is 0.331 e. The third kappa shape index (κ3) is 5.70. The Morgan fingerprint density at radius 1 is 1.29 bits per heavy atom. The number of thioether (sulfide) groups is 1. The lowest BCUT2D eigenvalue weighted by atomic mass is 10.2. The van der Waals surface area contributed by atoms with Gasteiger partial charge in [-0.15, -0.1) is 0 Å². The molecule has 0 N–H and O–H groups in total. The molecule has 2 amide bonds. The number of amides is 2. The molecule has 1 saturated heterocycles. The molecule has 0 spiro atoms. The number of hydrogen-bond acceptors (Lipinski definition) is 10. The van der Waals surface area contributed by atoms with Gasteiger partial charge in [0.2, 0.25) is 0 Å². The largest absolute Gasteiger partial charge is 0.493 e. The second-order valence-corrected chi connectivity index (χ2v) is 8.07. The van der Waals surface area contributed by atoms with Gasteiger partial charge in [-0.05, 0) is 54.9 Å². The number of nitrogens with zero attached hydrogens (tertiary/aromatic N) is 3. The molecule has 12 heteroatoms. The Hall–Kier alpha value is -3.93. The number of aromatic nitrogens is 1. The van der Waals surface area contributed by atoms with E-state index in [0.717, 1.165) is 4.90 Å². The van der Waals surface area contributed by atoms with Gasteiger partial charge in [-0.25, -0.2) is 4.98 Å². The lowest BCUT2D eigenvalue weighted by molar-refractivity contribution is -0.386. The summed E-state index contributed by atoms with van der Waals surface area (Å²) in [5.41, 5.74) is 0.196. The van der Waals surface area contributed by atoms with Gasteiger partial charge in [0.25, 0.3) is 17.0 Å². The standard InChI is InChI=1S/C22H21N3O8S/c1-4-13(2)32-19(26)12-24-21(27)18(34-22(24)28)11-14-7-8-16(17(10-14)31-3)33-20-15(25(29)30)6-5-9-23-20/h5-11,13H,4,12H2,1-3H3/b18-11-/t13-/m0/s1. The summed E-state index contributed by atoms with van der Waals surface area (Å²) in [6, 6.07) is 7.30. The molecule has 2 aromatic rings. The van der Waals surface area contributed by atoms with Crippen molar-refractivity contribution in [3.8, 4) is 17.4 Å². The minimum Gasteiger partial charge on any atom is -0.493 e. The van der Waals surface area contributed by atoms with Gasteiger partial charge in [-0.3, -0.25) is 29.4 Å². The topological polar surface area (TPSA) is 138 Å². The van der Waals surface area contributed by atoms with Crippen molar-refractivity contribution in [3.63, 3.8) is 0 Å². The van der Waals surface area contributed by atoms with Gasteiger partial charge >= 0.3 is 11.7 Å². The minimum atomic E-state index is -0.662. The molecule has 1 atom stereocenters. The number of esters is 1. The quantitative estimate of drug-likeness (QED) is 0.219. The number of imide groups is 1. The van der Waals surface area contributed by atoms with Crippen molar-refractivity contribution in [1.29, 1.82) is 0 Å². The van der Waals surface area contributed by atoms with Gasteiger partial charge in [0, 0.05) is 12.3 Å². The maximum atomic E-state index is 12.7. The first-order valence-electron chi connectivity index (χ1n) is 10.1. The molecule has 34 heavy (non-hydrogen) atoms. The number of benzene rings is 1. The Kier molecular flexibility index (Phi) is 7.84. The van der Waals surface area contributed by atoms with E-state index in [4.69, 9.17) is 14.2 Å². The van der Waals surface area contributed by atoms with Crippen LogP contribution in [-0.4, -0.2) is 51.7 Å². The predicted molar refractivity (Wildman–Crippen MR) is 122 cm³/mol. The summed E-state index contributed by atoms with van der Waals surface area (Å²) < 4.78 is 16.0. The second kappa shape index (κ2) is 10.8. The van der Waals surface area contributed by atoms with E-state index in [1.165, 1.54) is 43.6 Å². The molecule has 0 unspecified atom stereocenters. The molecule has 0 bridgehead atoms. The summed E-state index contributed by atoms with van der Waals surface area (Å²) in [4.78, 5) is 52.3. The summed E-state index contributed by atoms with van der Waals surface area (Å²) in [5.74, 6) is -1.08. The number of ether oxygens (including phenoxy) is 3. The van der Waals surface area contributed by atoms with Crippen LogP contribution >= 0.6 is 11.8 Å². The van der Waals surface area contributed by atoms with Gasteiger partial charge in [0.15, 0.2) is 11.5 Å². The second-order valence-electron chi connectivity index (χ2n) is 7.07. The first-order valence-corrected chi connectivity index (χ1v) is 10.9. The molecule has 178 valence electrons. The lowest BCUT2D eigenvalue weighted by Gasteiger charge is -2.14. The molecule has 11 nitrogen and oxygen atoms in total. The van der Waals surface area contributed by atoms with Crippen molar-refractivity contribution >= 4 is 40.6 Å². The number of hydrogen-bond donors (Lipinski definition) is 0. The van der Waals surface area contributed by atoms with E-state index in [1.54, 1.807) is 13.0 Å². The third-order valence-electron chi connectivity index (χ3n) is 4.71. The normalized spacial score (nSPS) is 15.4. The molecule has 0 aliphatic carbocycles. The lowest BCUT2D eigenvalue weighted by Crippen LogP contribution is -2.35. The molecule has 3 rings (SSSR count). The Balaban J connectivity index is 1.79. The number of nitro groups is 1. The average Bonchev–Trinajstić information content (AvgIpc) is 3.07. The molecule has 1 aliphatic heterocycles. The highest BCUT2D eigenvalue weighted by Gasteiger charge is 2.37. The highest BCUT2D eigenvalue weighted by Crippen LogP contribution is 2.37. The van der Waals surface area contributed by atoms with Gasteiger partial charge in [-0.1, -0.05) is 13.0 Å². The zero-order valence-corrected chi connectivity index (χ0v) is 19.4. The fourth-order valence-electron chi connectivity index (χ4n) is 2.82. The Labute approximate surface area is 198 Å². The Bertz CT molecular complexity index is 1170. The molecule has 1 aromatic heterocycles. The van der Waals surface area contributed by atoms with E-state index in [-0.39, 0.29) is 34.1 Å². The van der Waals surface area contributed by atoms with Gasteiger partial charge in [0.05, 0.1) is 23.0 Å². The average molecular weight is 487 g/mol. The van der Waals surface area contributed by atoms with Crippen LogP contribution in [-0.2, 0) is 14.3 Å². The number of pyridine rings is 1. The summed E-state index contributed by atoms with van der Waals surface area (Å²) >= 11 is 0.702. The first kappa shape index (κ1) is 24.7. The minimum absolute atomic E-state index is 0.123. The van der Waals surface area contributed by atoms with Gasteiger partial charge in [0.1, 0.15) is 6.54 Å². The van der Waals surface area contributed by atoms with E-state index in [9.17, 15) is 24.5 Å². The van der Waals surface area contributed by atoms with Crippen LogP contribution in [0.4, 0.5) is 10.5 Å². The van der Waals surface area contributed by atoms with Crippen LogP contribution in [0.15, 0.2) is 41.4 Å². The number of carbonyl (C=O) groups is 3. The summed E-state index contributed by atoms with van der Waals surface area (Å²) in [7, 11) is 1.38. The van der Waals surface area contributed by atoms with Crippen LogP contribution in [0.3, 0.4) is 0 Å². The van der Waals surface area contributed by atoms with Gasteiger partial charge < -0.3 is 14.2 Å². The number of rotatable bonds is 9. The van der Waals surface area contributed by atoms with Crippen LogP contribution in [0.25, 0.3) is 6.08 Å². The first-order chi connectivity index (χ1) is 16.2. The summed E-state index contributed by atoms with van der Waals surface area (Å²) in [6.07, 6.45) is 3.13. The van der Waals surface area contributed by atoms with Crippen molar-refractivity contribution in [3.05, 3.63) is 57.1 Å². The van der Waals surface area contributed by atoms with E-state index in [2.05, 4.69) is 4.98 Å². The van der Waals surface area contributed by atoms with Crippen molar-refractivity contribution in [2.75, 3.05) is 13.7 Å². The third-order valence-corrected chi connectivity index (χ3v) is 5.62. The van der Waals surface area contributed by atoms with Crippen molar-refractivity contribution in [2.24, 2.45) is 0 Å². The Morgan fingerprint density at radius 3 is 2.74 bits per heavy atom. The van der Waals surface area contributed by atoms with E-state index in [0.29, 0.717) is 23.7 Å². The molecule has 0 radical (unpaired) electrons. The van der Waals surface area contributed by atoms with Crippen molar-refractivity contribution < 1.29 is 33.5 Å². The molecular formula is C22H21N3O8S. The zero-order valence-electron chi connectivity index (χ0n) is 18.5. The van der Waals surface area contributed by atoms with E-state index >= 15 is 0 Å². The fraction of sp³-hybridized carbons (Fsp3) is 0.273. The number of carbonyl (C=O) groups excluding carboxylic acids is 3. The highest BCUT2D eigenvalue weighted by molar-refractivity contribution is 8.18. The smallest absolute Gasteiger partial charge is 0.331 e. The molecule has 2 heterocycles. The zero-order chi connectivity index (χ0) is 24.8. The SMILES string of the molecule is CC[C@H](C)OC(=O)CN1C(=O)S/C(=C\c2ccc(Oc3ncccc3[N+](=O)[O-])c(OC)c2)C1=O. The van der Waals surface area contributed by atoms with Crippen LogP contribution in [0.5, 0.6) is 17.4 Å². The molecule has 1 fully saturated rings. The summed E-state index contributed by atoms with van der Waals surface area (Å²) in [5, 5.41) is 10.6. The summed E-state index contributed by atoms with van der Waals surface area (Å²) in [6.45, 7) is 3.10. The molecular weight excluding hydrogens is 466 g/mol. The fourth-order valence-corrected chi connectivity index (χ4v) is 3.66. The highest BCUT2D eigenvalue weighted by atomic mass is 32.2. The molecule has 1 aliphatic rings.